The van der Waals surface area contributed by atoms with E-state index < -0.39 is 0 Å². The van der Waals surface area contributed by atoms with E-state index in [0.29, 0.717) is 12.6 Å². The molecule has 0 saturated carbocycles. The first-order chi connectivity index (χ1) is 9.58. The van der Waals surface area contributed by atoms with Crippen LogP contribution in [0.3, 0.4) is 0 Å². The summed E-state index contributed by atoms with van der Waals surface area (Å²) in [4.78, 5) is 14.3. The van der Waals surface area contributed by atoms with E-state index in [1.807, 2.05) is 14.0 Å². The first-order valence-electron chi connectivity index (χ1n) is 7.20. The van der Waals surface area contributed by atoms with Gasteiger partial charge in [0.15, 0.2) is 5.82 Å². The SMILES string of the molecule is C[C@H](NC(=O)NC[C@@H](C)N1CCCC1)c1nncn1C. The van der Waals surface area contributed by atoms with Gasteiger partial charge in [-0.05, 0) is 39.8 Å². The second-order valence-corrected chi connectivity index (χ2v) is 5.47. The van der Waals surface area contributed by atoms with E-state index in [2.05, 4.69) is 32.7 Å². The van der Waals surface area contributed by atoms with E-state index in [-0.39, 0.29) is 12.1 Å². The second-order valence-electron chi connectivity index (χ2n) is 5.47. The molecule has 0 unspecified atom stereocenters. The Bertz CT molecular complexity index is 440. The molecular weight excluding hydrogens is 256 g/mol. The molecule has 2 atom stereocenters. The maximum atomic E-state index is 11.9. The number of rotatable bonds is 5. The summed E-state index contributed by atoms with van der Waals surface area (Å²) >= 11 is 0. The van der Waals surface area contributed by atoms with Gasteiger partial charge in [0, 0.05) is 19.6 Å². The van der Waals surface area contributed by atoms with E-state index >= 15 is 0 Å². The summed E-state index contributed by atoms with van der Waals surface area (Å²) in [5.74, 6) is 0.743. The minimum absolute atomic E-state index is 0.161. The second kappa shape index (κ2) is 6.69. The number of hydrogen-bond donors (Lipinski definition) is 2. The summed E-state index contributed by atoms with van der Waals surface area (Å²) in [6.07, 6.45) is 4.15. The van der Waals surface area contributed by atoms with Gasteiger partial charge in [0.05, 0.1) is 6.04 Å². The molecule has 0 bridgehead atoms. The fraction of sp³-hybridized carbons (Fsp3) is 0.769. The number of urea groups is 1. The van der Waals surface area contributed by atoms with Crippen LogP contribution < -0.4 is 10.6 Å². The lowest BCUT2D eigenvalue weighted by atomic mass is 10.3. The number of aryl methyl sites for hydroxylation is 1. The third-order valence-corrected chi connectivity index (χ3v) is 3.80. The van der Waals surface area contributed by atoms with Crippen LogP contribution in [0.15, 0.2) is 6.33 Å². The first-order valence-corrected chi connectivity index (χ1v) is 7.20. The molecule has 0 aromatic carbocycles. The Kier molecular flexibility index (Phi) is 4.94. The van der Waals surface area contributed by atoms with E-state index in [0.717, 1.165) is 18.9 Å². The summed E-state index contributed by atoms with van der Waals surface area (Å²) in [7, 11) is 1.86. The van der Waals surface area contributed by atoms with Gasteiger partial charge >= 0.3 is 6.03 Å². The van der Waals surface area contributed by atoms with Gasteiger partial charge in [0.2, 0.25) is 0 Å². The molecule has 2 heterocycles. The highest BCUT2D eigenvalue weighted by molar-refractivity contribution is 5.74. The summed E-state index contributed by atoms with van der Waals surface area (Å²) in [5, 5.41) is 13.6. The molecule has 1 aromatic rings. The lowest BCUT2D eigenvalue weighted by molar-refractivity contribution is 0.223. The zero-order valence-electron chi connectivity index (χ0n) is 12.5. The van der Waals surface area contributed by atoms with Gasteiger partial charge < -0.3 is 15.2 Å². The van der Waals surface area contributed by atoms with Crippen molar-refractivity contribution in [2.75, 3.05) is 19.6 Å². The quantitative estimate of drug-likeness (QED) is 0.831. The Balaban J connectivity index is 1.73. The molecule has 7 nitrogen and oxygen atoms in total. The highest BCUT2D eigenvalue weighted by atomic mass is 16.2. The minimum Gasteiger partial charge on any atom is -0.337 e. The van der Waals surface area contributed by atoms with Crippen LogP contribution in [0.1, 0.15) is 38.6 Å². The fourth-order valence-corrected chi connectivity index (χ4v) is 2.55. The van der Waals surface area contributed by atoms with Crippen LogP contribution in [0.2, 0.25) is 0 Å². The van der Waals surface area contributed by atoms with Crippen molar-refractivity contribution in [1.82, 2.24) is 30.3 Å². The molecule has 2 amide bonds. The van der Waals surface area contributed by atoms with Gasteiger partial charge in [-0.1, -0.05) is 0 Å². The van der Waals surface area contributed by atoms with Crippen molar-refractivity contribution in [2.45, 2.75) is 38.8 Å². The van der Waals surface area contributed by atoms with Crippen LogP contribution in [0, 0.1) is 0 Å². The highest BCUT2D eigenvalue weighted by Gasteiger charge is 2.19. The normalized spacial score (nSPS) is 18.8. The smallest absolute Gasteiger partial charge is 0.315 e. The van der Waals surface area contributed by atoms with Gasteiger partial charge in [0.25, 0.3) is 0 Å². The molecule has 2 N–H and O–H groups in total. The van der Waals surface area contributed by atoms with Crippen molar-refractivity contribution in [3.05, 3.63) is 12.2 Å². The molecule has 0 radical (unpaired) electrons. The van der Waals surface area contributed by atoms with Crippen LogP contribution in [-0.4, -0.2) is 51.4 Å². The molecule has 7 heteroatoms. The average molecular weight is 280 g/mol. The minimum atomic E-state index is -0.162. The zero-order chi connectivity index (χ0) is 14.5. The number of hydrogen-bond acceptors (Lipinski definition) is 4. The zero-order valence-corrected chi connectivity index (χ0v) is 12.5. The standard InChI is InChI=1S/C13H24N6O/c1-10(19-6-4-5-7-19)8-14-13(20)16-11(2)12-17-15-9-18(12)3/h9-11H,4-8H2,1-3H3,(H2,14,16,20)/t10-,11+/m1/s1. The number of likely N-dealkylation sites (tertiary alicyclic amines) is 1. The predicted octanol–water partition coefficient (Wildman–Crippen LogP) is 0.660. The van der Waals surface area contributed by atoms with Crippen molar-refractivity contribution in [2.24, 2.45) is 7.05 Å². The number of aromatic nitrogens is 3. The summed E-state index contributed by atoms with van der Waals surface area (Å²) in [5.41, 5.74) is 0. The molecule has 1 saturated heterocycles. The van der Waals surface area contributed by atoms with E-state index in [4.69, 9.17) is 0 Å². The molecule has 0 spiro atoms. The molecule has 1 aromatic heterocycles. The summed E-state index contributed by atoms with van der Waals surface area (Å²) in [6, 6.07) is 0.0597. The van der Waals surface area contributed by atoms with Crippen LogP contribution in [-0.2, 0) is 7.05 Å². The molecule has 1 aliphatic heterocycles. The van der Waals surface area contributed by atoms with E-state index in [1.165, 1.54) is 12.8 Å². The molecule has 1 aliphatic rings. The molecular formula is C13H24N6O. The highest BCUT2D eigenvalue weighted by Crippen LogP contribution is 2.11. The van der Waals surface area contributed by atoms with Crippen molar-refractivity contribution >= 4 is 6.03 Å². The molecule has 0 aliphatic carbocycles. The average Bonchev–Trinajstić information content (AvgIpc) is 3.06. The number of nitrogens with one attached hydrogen (secondary N) is 2. The number of amides is 2. The third kappa shape index (κ3) is 3.69. The van der Waals surface area contributed by atoms with Crippen molar-refractivity contribution in [3.8, 4) is 0 Å². The monoisotopic (exact) mass is 280 g/mol. The van der Waals surface area contributed by atoms with E-state index in [1.54, 1.807) is 10.9 Å². The van der Waals surface area contributed by atoms with Crippen molar-refractivity contribution < 1.29 is 4.79 Å². The molecule has 2 rings (SSSR count). The molecule has 1 fully saturated rings. The Morgan fingerprint density at radius 1 is 1.40 bits per heavy atom. The first kappa shape index (κ1) is 14.8. The van der Waals surface area contributed by atoms with Crippen LogP contribution in [0.5, 0.6) is 0 Å². The van der Waals surface area contributed by atoms with Crippen molar-refractivity contribution in [3.63, 3.8) is 0 Å². The maximum Gasteiger partial charge on any atom is 0.315 e. The largest absolute Gasteiger partial charge is 0.337 e. The van der Waals surface area contributed by atoms with Gasteiger partial charge in [-0.2, -0.15) is 0 Å². The Hall–Kier alpha value is -1.63. The van der Waals surface area contributed by atoms with Crippen LogP contribution in [0.4, 0.5) is 4.79 Å². The fourth-order valence-electron chi connectivity index (χ4n) is 2.55. The third-order valence-electron chi connectivity index (χ3n) is 3.80. The topological polar surface area (TPSA) is 75.1 Å². The van der Waals surface area contributed by atoms with Crippen LogP contribution >= 0.6 is 0 Å². The van der Waals surface area contributed by atoms with E-state index in [9.17, 15) is 4.79 Å². The van der Waals surface area contributed by atoms with Gasteiger partial charge in [-0.15, -0.1) is 10.2 Å². The maximum absolute atomic E-state index is 11.9. The molecule has 20 heavy (non-hydrogen) atoms. The molecule has 112 valence electrons. The predicted molar refractivity (Wildman–Crippen MR) is 76.2 cm³/mol. The van der Waals surface area contributed by atoms with Gasteiger partial charge in [-0.25, -0.2) is 4.79 Å². The Morgan fingerprint density at radius 3 is 2.70 bits per heavy atom. The number of nitrogens with zero attached hydrogens (tertiary/aromatic N) is 4. The van der Waals surface area contributed by atoms with Crippen LogP contribution in [0.25, 0.3) is 0 Å². The number of carbonyl (C=O) groups is 1. The Labute approximate surface area is 119 Å². The lowest BCUT2D eigenvalue weighted by Crippen LogP contribution is -2.45. The summed E-state index contributed by atoms with van der Waals surface area (Å²) in [6.45, 7) is 6.99. The summed E-state index contributed by atoms with van der Waals surface area (Å²) < 4.78 is 1.80. The van der Waals surface area contributed by atoms with Crippen molar-refractivity contribution in [1.29, 1.82) is 0 Å². The Morgan fingerprint density at radius 2 is 2.10 bits per heavy atom. The van der Waals surface area contributed by atoms with Gasteiger partial charge in [-0.3, -0.25) is 4.90 Å². The number of carbonyl (C=O) groups excluding carboxylic acids is 1. The lowest BCUT2D eigenvalue weighted by Gasteiger charge is -2.24. The van der Waals surface area contributed by atoms with Gasteiger partial charge in [0.1, 0.15) is 6.33 Å².